The van der Waals surface area contributed by atoms with Crippen LogP contribution in [0.3, 0.4) is 0 Å². The van der Waals surface area contributed by atoms with Crippen LogP contribution in [0, 0.1) is 6.92 Å². The average molecular weight is 342 g/mol. The summed E-state index contributed by atoms with van der Waals surface area (Å²) in [5.41, 5.74) is 4.66. The first-order valence-electron chi connectivity index (χ1n) is 8.02. The van der Waals surface area contributed by atoms with Crippen molar-refractivity contribution in [3.63, 3.8) is 0 Å². The lowest BCUT2D eigenvalue weighted by atomic mass is 10.00. The smallest absolute Gasteiger partial charge is 0.178 e. The summed E-state index contributed by atoms with van der Waals surface area (Å²) in [4.78, 5) is 2.16. The van der Waals surface area contributed by atoms with Crippen LogP contribution in [0.4, 0.5) is 11.4 Å². The molecule has 0 bridgehead atoms. The van der Waals surface area contributed by atoms with Gasteiger partial charge < -0.3 is 19.7 Å². The summed E-state index contributed by atoms with van der Waals surface area (Å²) in [6, 6.07) is 12.2. The van der Waals surface area contributed by atoms with E-state index >= 15 is 0 Å². The highest BCUT2D eigenvalue weighted by Gasteiger charge is 2.21. The van der Waals surface area contributed by atoms with Gasteiger partial charge in [0.25, 0.3) is 0 Å². The fourth-order valence-corrected chi connectivity index (χ4v) is 3.32. The van der Waals surface area contributed by atoms with Crippen molar-refractivity contribution >= 4 is 28.7 Å². The molecule has 24 heavy (non-hydrogen) atoms. The molecule has 1 aliphatic rings. The van der Waals surface area contributed by atoms with Gasteiger partial charge in [0, 0.05) is 18.3 Å². The molecule has 0 amide bonds. The Labute approximate surface area is 148 Å². The van der Waals surface area contributed by atoms with Gasteiger partial charge in [-0.15, -0.1) is 0 Å². The molecule has 0 unspecified atom stereocenters. The standard InChI is InChI=1S/C19H22N2O2S/c1-13-6-9-17-14(11-13)5-4-10-21(17)19(24)20-16-8-7-15(22-2)12-18(16)23-3/h6-9,11-12H,4-5,10H2,1-3H3,(H,20,24). The summed E-state index contributed by atoms with van der Waals surface area (Å²) in [5.74, 6) is 1.46. The fraction of sp³-hybridized carbons (Fsp3) is 0.316. The molecule has 0 radical (unpaired) electrons. The van der Waals surface area contributed by atoms with Crippen LogP contribution in [0.1, 0.15) is 17.5 Å². The van der Waals surface area contributed by atoms with E-state index in [0.717, 1.165) is 30.8 Å². The number of nitrogens with zero attached hydrogens (tertiary/aromatic N) is 1. The summed E-state index contributed by atoms with van der Waals surface area (Å²) in [5, 5.41) is 4.00. The Hall–Kier alpha value is -2.27. The predicted octanol–water partition coefficient (Wildman–Crippen LogP) is 4.16. The number of thiocarbonyl (C=S) groups is 1. The zero-order valence-corrected chi connectivity index (χ0v) is 15.1. The summed E-state index contributed by atoms with van der Waals surface area (Å²) in [7, 11) is 3.28. The minimum Gasteiger partial charge on any atom is -0.497 e. The topological polar surface area (TPSA) is 33.7 Å². The normalized spacial score (nSPS) is 13.2. The van der Waals surface area contributed by atoms with Gasteiger partial charge in [-0.05, 0) is 55.7 Å². The average Bonchev–Trinajstić information content (AvgIpc) is 2.61. The van der Waals surface area contributed by atoms with Gasteiger partial charge in [0.1, 0.15) is 11.5 Å². The van der Waals surface area contributed by atoms with Crippen LogP contribution in [0.2, 0.25) is 0 Å². The molecule has 3 rings (SSSR count). The number of anilines is 2. The number of hydrogen-bond donors (Lipinski definition) is 1. The molecule has 0 saturated heterocycles. The number of hydrogen-bond acceptors (Lipinski definition) is 3. The Morgan fingerprint density at radius 2 is 1.96 bits per heavy atom. The second-order valence-electron chi connectivity index (χ2n) is 5.88. The van der Waals surface area contributed by atoms with Gasteiger partial charge in [0.2, 0.25) is 0 Å². The molecule has 2 aromatic carbocycles. The van der Waals surface area contributed by atoms with Crippen molar-refractivity contribution in [2.75, 3.05) is 31.0 Å². The fourth-order valence-electron chi connectivity index (χ4n) is 3.02. The molecule has 0 saturated carbocycles. The zero-order valence-electron chi connectivity index (χ0n) is 14.3. The second kappa shape index (κ2) is 7.09. The molecule has 1 N–H and O–H groups in total. The van der Waals surface area contributed by atoms with E-state index in [1.54, 1.807) is 14.2 Å². The maximum atomic E-state index is 5.66. The Balaban J connectivity index is 1.84. The largest absolute Gasteiger partial charge is 0.497 e. The Kier molecular flexibility index (Phi) is 4.90. The van der Waals surface area contributed by atoms with Gasteiger partial charge in [-0.3, -0.25) is 0 Å². The lowest BCUT2D eigenvalue weighted by Crippen LogP contribution is -2.38. The lowest BCUT2D eigenvalue weighted by Gasteiger charge is -2.32. The number of aryl methyl sites for hydroxylation is 2. The minimum absolute atomic E-state index is 0.684. The molecule has 2 aromatic rings. The molecule has 0 aromatic heterocycles. The quantitative estimate of drug-likeness (QED) is 0.847. The predicted molar refractivity (Wildman–Crippen MR) is 103 cm³/mol. The molecule has 1 heterocycles. The minimum atomic E-state index is 0.684. The van der Waals surface area contributed by atoms with E-state index in [2.05, 4.69) is 35.3 Å². The van der Waals surface area contributed by atoms with E-state index in [4.69, 9.17) is 21.7 Å². The Morgan fingerprint density at radius 1 is 1.12 bits per heavy atom. The molecule has 0 spiro atoms. The van der Waals surface area contributed by atoms with E-state index in [-0.39, 0.29) is 0 Å². The van der Waals surface area contributed by atoms with E-state index in [9.17, 15) is 0 Å². The van der Waals surface area contributed by atoms with Crippen molar-refractivity contribution < 1.29 is 9.47 Å². The van der Waals surface area contributed by atoms with Gasteiger partial charge in [-0.25, -0.2) is 0 Å². The molecule has 5 heteroatoms. The first kappa shape index (κ1) is 16.6. The maximum absolute atomic E-state index is 5.66. The molecule has 1 aliphatic heterocycles. The number of nitrogens with one attached hydrogen (secondary N) is 1. The summed E-state index contributed by atoms with van der Waals surface area (Å²) >= 11 is 5.66. The van der Waals surface area contributed by atoms with Crippen molar-refractivity contribution in [2.45, 2.75) is 19.8 Å². The third kappa shape index (κ3) is 3.31. The highest BCUT2D eigenvalue weighted by atomic mass is 32.1. The van der Waals surface area contributed by atoms with Crippen LogP contribution in [-0.2, 0) is 6.42 Å². The Bertz CT molecular complexity index is 761. The molecule has 126 valence electrons. The monoisotopic (exact) mass is 342 g/mol. The number of ether oxygens (including phenoxy) is 2. The van der Waals surface area contributed by atoms with Crippen LogP contribution in [0.25, 0.3) is 0 Å². The van der Waals surface area contributed by atoms with E-state index in [0.29, 0.717) is 10.9 Å². The first-order chi connectivity index (χ1) is 11.6. The van der Waals surface area contributed by atoms with Crippen LogP contribution in [0.5, 0.6) is 11.5 Å². The van der Waals surface area contributed by atoms with E-state index in [1.807, 2.05) is 18.2 Å². The zero-order chi connectivity index (χ0) is 17.1. The molecular weight excluding hydrogens is 320 g/mol. The van der Waals surface area contributed by atoms with Gasteiger partial charge in [-0.2, -0.15) is 0 Å². The maximum Gasteiger partial charge on any atom is 0.178 e. The molecule has 0 fully saturated rings. The molecule has 4 nitrogen and oxygen atoms in total. The number of fused-ring (bicyclic) bond motifs is 1. The van der Waals surface area contributed by atoms with Crippen molar-refractivity contribution in [1.82, 2.24) is 0 Å². The summed E-state index contributed by atoms with van der Waals surface area (Å²) in [6.07, 6.45) is 2.19. The van der Waals surface area contributed by atoms with Gasteiger partial charge >= 0.3 is 0 Å². The van der Waals surface area contributed by atoms with E-state index in [1.165, 1.54) is 16.8 Å². The summed E-state index contributed by atoms with van der Waals surface area (Å²) < 4.78 is 10.7. The molecule has 0 atom stereocenters. The van der Waals surface area contributed by atoms with Crippen molar-refractivity contribution in [3.05, 3.63) is 47.5 Å². The van der Waals surface area contributed by atoms with Crippen LogP contribution < -0.4 is 19.7 Å². The lowest BCUT2D eigenvalue weighted by molar-refractivity contribution is 0.395. The SMILES string of the molecule is COc1ccc(NC(=S)N2CCCc3cc(C)ccc32)c(OC)c1. The Morgan fingerprint density at radius 3 is 2.71 bits per heavy atom. The highest BCUT2D eigenvalue weighted by molar-refractivity contribution is 7.80. The van der Waals surface area contributed by atoms with E-state index < -0.39 is 0 Å². The first-order valence-corrected chi connectivity index (χ1v) is 8.43. The highest BCUT2D eigenvalue weighted by Crippen LogP contribution is 2.32. The van der Waals surface area contributed by atoms with Gasteiger partial charge in [0.05, 0.1) is 19.9 Å². The van der Waals surface area contributed by atoms with Crippen LogP contribution >= 0.6 is 12.2 Å². The van der Waals surface area contributed by atoms with Crippen LogP contribution in [0.15, 0.2) is 36.4 Å². The number of methoxy groups -OCH3 is 2. The van der Waals surface area contributed by atoms with Gasteiger partial charge in [0.15, 0.2) is 5.11 Å². The molecular formula is C19H22N2O2S. The number of rotatable bonds is 3. The summed E-state index contributed by atoms with van der Waals surface area (Å²) in [6.45, 7) is 3.04. The number of benzene rings is 2. The van der Waals surface area contributed by atoms with Gasteiger partial charge in [-0.1, -0.05) is 17.7 Å². The van der Waals surface area contributed by atoms with Crippen molar-refractivity contribution in [3.8, 4) is 11.5 Å². The van der Waals surface area contributed by atoms with Crippen LogP contribution in [-0.4, -0.2) is 25.9 Å². The second-order valence-corrected chi connectivity index (χ2v) is 6.27. The van der Waals surface area contributed by atoms with Crippen molar-refractivity contribution in [1.29, 1.82) is 0 Å². The molecule has 0 aliphatic carbocycles. The third-order valence-corrected chi connectivity index (χ3v) is 4.57. The third-order valence-electron chi connectivity index (χ3n) is 4.25. The van der Waals surface area contributed by atoms with Crippen molar-refractivity contribution in [2.24, 2.45) is 0 Å².